The highest BCUT2D eigenvalue weighted by Crippen LogP contribution is 2.19. The number of carboxylic acids is 1. The molecule has 0 saturated carbocycles. The van der Waals surface area contributed by atoms with Gasteiger partial charge >= 0.3 is 5.97 Å². The maximum atomic E-state index is 11.6. The Labute approximate surface area is 105 Å². The SMILES string of the molecule is O=C(O)c1cc2ccc(-c3nn[nH]n3)cc2[nH]c1=O. The molecule has 0 spiro atoms. The summed E-state index contributed by atoms with van der Waals surface area (Å²) in [6.07, 6.45) is 0. The summed E-state index contributed by atoms with van der Waals surface area (Å²) in [6, 6.07) is 6.39. The lowest BCUT2D eigenvalue weighted by atomic mass is 10.1. The highest BCUT2D eigenvalue weighted by Gasteiger charge is 2.11. The van der Waals surface area contributed by atoms with Crippen LogP contribution < -0.4 is 5.56 Å². The predicted molar refractivity (Wildman–Crippen MR) is 64.7 cm³/mol. The van der Waals surface area contributed by atoms with Gasteiger partial charge in [0.2, 0.25) is 5.82 Å². The number of pyridine rings is 1. The van der Waals surface area contributed by atoms with Crippen molar-refractivity contribution in [2.24, 2.45) is 0 Å². The molecule has 8 heteroatoms. The van der Waals surface area contributed by atoms with Crippen LogP contribution in [0.15, 0.2) is 29.1 Å². The lowest BCUT2D eigenvalue weighted by Gasteiger charge is -2.01. The molecule has 8 nitrogen and oxygen atoms in total. The third-order valence-electron chi connectivity index (χ3n) is 2.68. The molecule has 0 aliphatic heterocycles. The van der Waals surface area contributed by atoms with E-state index in [0.717, 1.165) is 0 Å². The van der Waals surface area contributed by atoms with E-state index in [1.807, 2.05) is 0 Å². The zero-order chi connectivity index (χ0) is 13.4. The third kappa shape index (κ3) is 1.84. The summed E-state index contributed by atoms with van der Waals surface area (Å²) in [7, 11) is 0. The fourth-order valence-corrected chi connectivity index (χ4v) is 1.78. The first kappa shape index (κ1) is 11.1. The molecule has 3 aromatic rings. The number of carboxylic acid groups (broad SMARTS) is 1. The first-order valence-corrected chi connectivity index (χ1v) is 5.29. The van der Waals surface area contributed by atoms with Gasteiger partial charge in [-0.3, -0.25) is 4.79 Å². The standard InChI is InChI=1S/C11H7N5O3/c17-10-7(11(18)19)3-5-1-2-6(4-8(5)12-10)9-13-15-16-14-9/h1-4H,(H,12,17)(H,18,19)(H,13,14,15,16). The summed E-state index contributed by atoms with van der Waals surface area (Å²) in [6.45, 7) is 0. The Morgan fingerprint density at radius 3 is 2.79 bits per heavy atom. The minimum Gasteiger partial charge on any atom is -0.477 e. The van der Waals surface area contributed by atoms with Crippen LogP contribution in [0.2, 0.25) is 0 Å². The molecular weight excluding hydrogens is 250 g/mol. The highest BCUT2D eigenvalue weighted by molar-refractivity contribution is 5.93. The third-order valence-corrected chi connectivity index (χ3v) is 2.68. The lowest BCUT2D eigenvalue weighted by Crippen LogP contribution is -2.16. The first-order valence-electron chi connectivity index (χ1n) is 5.29. The molecule has 2 aromatic heterocycles. The summed E-state index contributed by atoms with van der Waals surface area (Å²) >= 11 is 0. The Morgan fingerprint density at radius 1 is 1.26 bits per heavy atom. The monoisotopic (exact) mass is 257 g/mol. The van der Waals surface area contributed by atoms with Crippen molar-refractivity contribution in [1.29, 1.82) is 0 Å². The van der Waals surface area contributed by atoms with Gasteiger partial charge in [0.1, 0.15) is 5.56 Å². The van der Waals surface area contributed by atoms with E-state index in [4.69, 9.17) is 5.11 Å². The molecule has 0 radical (unpaired) electrons. The van der Waals surface area contributed by atoms with E-state index < -0.39 is 11.5 Å². The van der Waals surface area contributed by atoms with E-state index in [1.54, 1.807) is 18.2 Å². The first-order chi connectivity index (χ1) is 9.15. The molecule has 94 valence electrons. The maximum Gasteiger partial charge on any atom is 0.341 e. The molecule has 0 amide bonds. The number of tetrazole rings is 1. The fourth-order valence-electron chi connectivity index (χ4n) is 1.78. The number of hydrogen-bond donors (Lipinski definition) is 3. The number of benzene rings is 1. The summed E-state index contributed by atoms with van der Waals surface area (Å²) in [4.78, 5) is 25.0. The molecule has 19 heavy (non-hydrogen) atoms. The summed E-state index contributed by atoms with van der Waals surface area (Å²) in [5.74, 6) is -0.865. The number of fused-ring (bicyclic) bond motifs is 1. The van der Waals surface area contributed by atoms with Gasteiger partial charge in [-0.25, -0.2) is 4.79 Å². The summed E-state index contributed by atoms with van der Waals surface area (Å²) in [5.41, 5.74) is 0.238. The Kier molecular flexibility index (Phi) is 2.34. The van der Waals surface area contributed by atoms with Crippen LogP contribution in [0.3, 0.4) is 0 Å². The number of H-pyrrole nitrogens is 2. The highest BCUT2D eigenvalue weighted by atomic mass is 16.4. The van der Waals surface area contributed by atoms with Crippen molar-refractivity contribution in [2.75, 3.05) is 0 Å². The van der Waals surface area contributed by atoms with Crippen molar-refractivity contribution in [3.8, 4) is 11.4 Å². The van der Waals surface area contributed by atoms with Gasteiger partial charge < -0.3 is 10.1 Å². The average molecular weight is 257 g/mol. The van der Waals surface area contributed by atoms with Crippen molar-refractivity contribution in [1.82, 2.24) is 25.6 Å². The van der Waals surface area contributed by atoms with Crippen LogP contribution in [0.1, 0.15) is 10.4 Å². The van der Waals surface area contributed by atoms with E-state index in [9.17, 15) is 9.59 Å². The van der Waals surface area contributed by atoms with Crippen LogP contribution >= 0.6 is 0 Å². The van der Waals surface area contributed by atoms with E-state index in [1.165, 1.54) is 6.07 Å². The quantitative estimate of drug-likeness (QED) is 0.610. The lowest BCUT2D eigenvalue weighted by molar-refractivity contribution is 0.0695. The number of aromatic carboxylic acids is 1. The maximum absolute atomic E-state index is 11.6. The second kappa shape index (κ2) is 4.02. The zero-order valence-electron chi connectivity index (χ0n) is 9.41. The van der Waals surface area contributed by atoms with Gasteiger partial charge in [-0.2, -0.15) is 5.21 Å². The molecule has 1 aromatic carbocycles. The van der Waals surface area contributed by atoms with Crippen LogP contribution in [-0.4, -0.2) is 36.7 Å². The molecule has 0 aliphatic carbocycles. The molecule has 0 saturated heterocycles. The normalized spacial score (nSPS) is 10.7. The number of carbonyl (C=O) groups is 1. The largest absolute Gasteiger partial charge is 0.477 e. The molecule has 3 rings (SSSR count). The predicted octanol–water partition coefficient (Wildman–Crippen LogP) is 0.406. The Bertz CT molecular complexity index is 822. The Hall–Kier alpha value is -3.03. The molecule has 0 fully saturated rings. The molecule has 0 unspecified atom stereocenters. The Balaban J connectivity index is 2.23. The summed E-state index contributed by atoms with van der Waals surface area (Å²) in [5, 5.41) is 22.9. The molecule has 0 atom stereocenters. The van der Waals surface area contributed by atoms with E-state index in [0.29, 0.717) is 22.3 Å². The number of nitrogens with one attached hydrogen (secondary N) is 2. The second-order valence-electron chi connectivity index (χ2n) is 3.85. The number of rotatable bonds is 2. The van der Waals surface area contributed by atoms with Gasteiger partial charge in [0, 0.05) is 11.1 Å². The smallest absolute Gasteiger partial charge is 0.341 e. The average Bonchev–Trinajstić information content (AvgIpc) is 2.90. The number of aromatic amines is 2. The number of aromatic nitrogens is 5. The second-order valence-corrected chi connectivity index (χ2v) is 3.85. The van der Waals surface area contributed by atoms with Crippen molar-refractivity contribution >= 4 is 16.9 Å². The number of hydrogen-bond acceptors (Lipinski definition) is 5. The van der Waals surface area contributed by atoms with Crippen molar-refractivity contribution < 1.29 is 9.90 Å². The zero-order valence-corrected chi connectivity index (χ0v) is 9.41. The molecule has 2 heterocycles. The van der Waals surface area contributed by atoms with Crippen LogP contribution in [0, 0.1) is 0 Å². The van der Waals surface area contributed by atoms with Crippen molar-refractivity contribution in [3.63, 3.8) is 0 Å². The van der Waals surface area contributed by atoms with Crippen LogP contribution in [0.25, 0.3) is 22.3 Å². The van der Waals surface area contributed by atoms with Gasteiger partial charge in [0.25, 0.3) is 5.56 Å². The topological polar surface area (TPSA) is 125 Å². The van der Waals surface area contributed by atoms with Gasteiger partial charge in [-0.15, -0.1) is 10.2 Å². The summed E-state index contributed by atoms with van der Waals surface area (Å²) < 4.78 is 0. The van der Waals surface area contributed by atoms with Gasteiger partial charge in [0.05, 0.1) is 0 Å². The molecule has 0 bridgehead atoms. The van der Waals surface area contributed by atoms with Crippen LogP contribution in [-0.2, 0) is 0 Å². The van der Waals surface area contributed by atoms with Crippen LogP contribution in [0.4, 0.5) is 0 Å². The van der Waals surface area contributed by atoms with E-state index in [2.05, 4.69) is 25.6 Å². The minimum absolute atomic E-state index is 0.292. The van der Waals surface area contributed by atoms with Crippen molar-refractivity contribution in [2.45, 2.75) is 0 Å². The fraction of sp³-hybridized carbons (Fsp3) is 0. The Morgan fingerprint density at radius 2 is 2.11 bits per heavy atom. The van der Waals surface area contributed by atoms with Crippen LogP contribution in [0.5, 0.6) is 0 Å². The molecule has 3 N–H and O–H groups in total. The minimum atomic E-state index is -1.26. The van der Waals surface area contributed by atoms with Gasteiger partial charge in [0.15, 0.2) is 0 Å². The molecular formula is C11H7N5O3. The van der Waals surface area contributed by atoms with E-state index >= 15 is 0 Å². The van der Waals surface area contributed by atoms with Gasteiger partial charge in [-0.1, -0.05) is 12.1 Å². The molecule has 0 aliphatic rings. The van der Waals surface area contributed by atoms with E-state index in [-0.39, 0.29) is 5.56 Å². The number of nitrogens with zero attached hydrogens (tertiary/aromatic N) is 3. The van der Waals surface area contributed by atoms with Crippen molar-refractivity contribution in [3.05, 3.63) is 40.2 Å². The van der Waals surface area contributed by atoms with Gasteiger partial charge in [-0.05, 0) is 22.7 Å².